The molecular weight excluding hydrogens is 181 g/mol. The Balaban J connectivity index is 4.04. The molecule has 0 N–H and O–H groups in total. The van der Waals surface area contributed by atoms with E-state index in [1.54, 1.807) is 13.8 Å². The smallest absolute Gasteiger partial charge is 0.292 e. The zero-order valence-electron chi connectivity index (χ0n) is 7.73. The normalized spacial score (nSPS) is 12.2. The van der Waals surface area contributed by atoms with E-state index in [0.29, 0.717) is 0 Å². The third-order valence-electron chi connectivity index (χ3n) is 1.62. The standard InChI is InChI=1S/C8H13F3N2/c1-7(2)13(5-3-4-12)6-8(9,10)11/h7H,3,5-6H2,1-2H3. The highest BCUT2D eigenvalue weighted by Crippen LogP contribution is 2.17. The highest BCUT2D eigenvalue weighted by Gasteiger charge is 2.31. The summed E-state index contributed by atoms with van der Waals surface area (Å²) in [5, 5.41) is 8.24. The third kappa shape index (κ3) is 6.41. The first-order valence-electron chi connectivity index (χ1n) is 4.04. The first-order valence-corrected chi connectivity index (χ1v) is 4.04. The first kappa shape index (κ1) is 12.2. The topological polar surface area (TPSA) is 27.0 Å². The maximum Gasteiger partial charge on any atom is 0.401 e. The van der Waals surface area contributed by atoms with E-state index < -0.39 is 12.7 Å². The first-order chi connectivity index (χ1) is 5.87. The Hall–Kier alpha value is -0.760. The highest BCUT2D eigenvalue weighted by molar-refractivity contribution is 4.75. The summed E-state index contributed by atoms with van der Waals surface area (Å²) in [6.45, 7) is 2.60. The van der Waals surface area contributed by atoms with E-state index in [9.17, 15) is 13.2 Å². The molecule has 0 saturated heterocycles. The fraction of sp³-hybridized carbons (Fsp3) is 0.875. The van der Waals surface area contributed by atoms with E-state index in [-0.39, 0.29) is 19.0 Å². The van der Waals surface area contributed by atoms with Crippen LogP contribution in [-0.4, -0.2) is 30.2 Å². The van der Waals surface area contributed by atoms with Crippen LogP contribution in [0.2, 0.25) is 0 Å². The molecule has 0 heterocycles. The number of halogens is 3. The van der Waals surface area contributed by atoms with Gasteiger partial charge in [0.15, 0.2) is 0 Å². The van der Waals surface area contributed by atoms with Gasteiger partial charge in [0.2, 0.25) is 0 Å². The lowest BCUT2D eigenvalue weighted by atomic mass is 10.3. The molecule has 0 aliphatic rings. The van der Waals surface area contributed by atoms with E-state index >= 15 is 0 Å². The molecule has 0 atom stereocenters. The van der Waals surface area contributed by atoms with E-state index in [0.717, 1.165) is 0 Å². The molecule has 0 rings (SSSR count). The third-order valence-corrected chi connectivity index (χ3v) is 1.62. The number of nitriles is 1. The average molecular weight is 194 g/mol. The van der Waals surface area contributed by atoms with Crippen LogP contribution in [0.3, 0.4) is 0 Å². The summed E-state index contributed by atoms with van der Waals surface area (Å²) in [4.78, 5) is 1.24. The molecule has 0 bridgehead atoms. The summed E-state index contributed by atoms with van der Waals surface area (Å²) in [5.74, 6) is 0. The van der Waals surface area contributed by atoms with Crippen LogP contribution in [0.4, 0.5) is 13.2 Å². The van der Waals surface area contributed by atoms with Gasteiger partial charge in [0.1, 0.15) is 0 Å². The maximum absolute atomic E-state index is 12.0. The summed E-state index contributed by atoms with van der Waals surface area (Å²) in [5.41, 5.74) is 0. The van der Waals surface area contributed by atoms with Gasteiger partial charge in [-0.05, 0) is 13.8 Å². The van der Waals surface area contributed by atoms with Gasteiger partial charge in [-0.1, -0.05) is 0 Å². The number of hydrogen-bond acceptors (Lipinski definition) is 2. The van der Waals surface area contributed by atoms with Crippen molar-refractivity contribution in [2.45, 2.75) is 32.5 Å². The van der Waals surface area contributed by atoms with Gasteiger partial charge in [0, 0.05) is 19.0 Å². The minimum absolute atomic E-state index is 0.133. The van der Waals surface area contributed by atoms with Gasteiger partial charge in [-0.2, -0.15) is 18.4 Å². The molecule has 0 aromatic rings. The predicted molar refractivity (Wildman–Crippen MR) is 43.0 cm³/mol. The molecule has 0 saturated carbocycles. The van der Waals surface area contributed by atoms with Crippen LogP contribution in [0.25, 0.3) is 0 Å². The Morgan fingerprint density at radius 3 is 2.23 bits per heavy atom. The summed E-state index contributed by atoms with van der Waals surface area (Å²) in [6.07, 6.45) is -4.05. The molecule has 0 aromatic heterocycles. The van der Waals surface area contributed by atoms with Gasteiger partial charge >= 0.3 is 6.18 Å². The Kier molecular flexibility index (Phi) is 4.78. The Labute approximate surface area is 75.9 Å². The van der Waals surface area contributed by atoms with Crippen LogP contribution >= 0.6 is 0 Å². The minimum Gasteiger partial charge on any atom is -0.292 e. The van der Waals surface area contributed by atoms with Gasteiger partial charge in [-0.15, -0.1) is 0 Å². The number of hydrogen-bond donors (Lipinski definition) is 0. The molecule has 0 amide bonds. The van der Waals surface area contributed by atoms with Crippen molar-refractivity contribution >= 4 is 0 Å². The zero-order chi connectivity index (χ0) is 10.5. The van der Waals surface area contributed by atoms with Gasteiger partial charge in [-0.25, -0.2) is 0 Å². The number of nitrogens with zero attached hydrogens (tertiary/aromatic N) is 2. The zero-order valence-corrected chi connectivity index (χ0v) is 7.73. The SMILES string of the molecule is CC(C)N(CCC#N)CC(F)(F)F. The molecule has 0 aliphatic carbocycles. The largest absolute Gasteiger partial charge is 0.401 e. The second kappa shape index (κ2) is 5.07. The molecule has 76 valence electrons. The summed E-state index contributed by atoms with van der Waals surface area (Å²) < 4.78 is 35.9. The molecule has 13 heavy (non-hydrogen) atoms. The van der Waals surface area contributed by atoms with Crippen LogP contribution in [0.5, 0.6) is 0 Å². The molecule has 5 heteroatoms. The van der Waals surface area contributed by atoms with Gasteiger partial charge < -0.3 is 0 Å². The van der Waals surface area contributed by atoms with Crippen molar-refractivity contribution in [2.75, 3.05) is 13.1 Å². The van der Waals surface area contributed by atoms with Crippen LogP contribution in [0, 0.1) is 11.3 Å². The van der Waals surface area contributed by atoms with Crippen molar-refractivity contribution in [3.8, 4) is 6.07 Å². The van der Waals surface area contributed by atoms with Crippen LogP contribution < -0.4 is 0 Å². The lowest BCUT2D eigenvalue weighted by Crippen LogP contribution is -2.39. The van der Waals surface area contributed by atoms with Crippen molar-refractivity contribution in [2.24, 2.45) is 0 Å². The van der Waals surface area contributed by atoms with Gasteiger partial charge in [0.05, 0.1) is 12.6 Å². The molecule has 2 nitrogen and oxygen atoms in total. The number of alkyl halides is 3. The Morgan fingerprint density at radius 1 is 1.38 bits per heavy atom. The minimum atomic E-state index is -4.18. The Bertz CT molecular complexity index is 181. The summed E-state index contributed by atoms with van der Waals surface area (Å²) in [7, 11) is 0. The van der Waals surface area contributed by atoms with Crippen molar-refractivity contribution in [1.29, 1.82) is 5.26 Å². The molecule has 0 aromatic carbocycles. The quantitative estimate of drug-likeness (QED) is 0.685. The second-order valence-electron chi connectivity index (χ2n) is 3.09. The fourth-order valence-corrected chi connectivity index (χ4v) is 0.944. The van der Waals surface area contributed by atoms with Crippen molar-refractivity contribution in [3.05, 3.63) is 0 Å². The molecule has 0 spiro atoms. The van der Waals surface area contributed by atoms with E-state index in [1.165, 1.54) is 4.90 Å². The lowest BCUT2D eigenvalue weighted by molar-refractivity contribution is -0.149. The lowest BCUT2D eigenvalue weighted by Gasteiger charge is -2.26. The molecule has 0 unspecified atom stereocenters. The summed E-state index contributed by atoms with van der Waals surface area (Å²) in [6, 6.07) is 1.64. The average Bonchev–Trinajstić information content (AvgIpc) is 1.95. The molecule has 0 aliphatic heterocycles. The maximum atomic E-state index is 12.0. The van der Waals surface area contributed by atoms with Crippen LogP contribution in [0.15, 0.2) is 0 Å². The number of rotatable bonds is 4. The summed E-state index contributed by atoms with van der Waals surface area (Å²) >= 11 is 0. The van der Waals surface area contributed by atoms with Crippen LogP contribution in [0.1, 0.15) is 20.3 Å². The van der Waals surface area contributed by atoms with E-state index in [1.807, 2.05) is 6.07 Å². The Morgan fingerprint density at radius 2 is 1.92 bits per heavy atom. The molecule has 0 radical (unpaired) electrons. The van der Waals surface area contributed by atoms with Crippen LogP contribution in [-0.2, 0) is 0 Å². The predicted octanol–water partition coefficient (Wildman–Crippen LogP) is 2.17. The van der Waals surface area contributed by atoms with Crippen molar-refractivity contribution in [1.82, 2.24) is 4.90 Å². The second-order valence-corrected chi connectivity index (χ2v) is 3.09. The fourth-order valence-electron chi connectivity index (χ4n) is 0.944. The van der Waals surface area contributed by atoms with Gasteiger partial charge in [-0.3, -0.25) is 4.90 Å². The van der Waals surface area contributed by atoms with Crippen molar-refractivity contribution in [3.63, 3.8) is 0 Å². The molecular formula is C8H13F3N2. The molecule has 0 fully saturated rings. The van der Waals surface area contributed by atoms with E-state index in [4.69, 9.17) is 5.26 Å². The van der Waals surface area contributed by atoms with Crippen molar-refractivity contribution < 1.29 is 13.2 Å². The van der Waals surface area contributed by atoms with Gasteiger partial charge in [0.25, 0.3) is 0 Å². The monoisotopic (exact) mass is 194 g/mol. The highest BCUT2D eigenvalue weighted by atomic mass is 19.4. The van der Waals surface area contributed by atoms with E-state index in [2.05, 4.69) is 0 Å².